The zero-order valence-corrected chi connectivity index (χ0v) is 17.1. The van der Waals surface area contributed by atoms with Gasteiger partial charge in [0.15, 0.2) is 5.43 Å². The Hall–Kier alpha value is -2.52. The van der Waals surface area contributed by atoms with E-state index in [-0.39, 0.29) is 12.0 Å². The second-order valence-corrected chi connectivity index (χ2v) is 12.9. The maximum absolute atomic E-state index is 12.4. The molecule has 0 atom stereocenters. The number of ether oxygens (including phenoxy) is 1. The number of fused-ring (bicyclic) bond motifs is 1. The predicted molar refractivity (Wildman–Crippen MR) is 106 cm³/mol. The first-order valence-corrected chi connectivity index (χ1v) is 12.0. The molecule has 0 unspecified atom stereocenters. The van der Waals surface area contributed by atoms with E-state index in [1.165, 1.54) is 6.07 Å². The van der Waals surface area contributed by atoms with E-state index in [0.29, 0.717) is 16.7 Å². The Labute approximate surface area is 154 Å². The fourth-order valence-electron chi connectivity index (χ4n) is 2.10. The van der Waals surface area contributed by atoms with Gasteiger partial charge in [0, 0.05) is 11.6 Å². The summed E-state index contributed by atoms with van der Waals surface area (Å²) in [5.41, 5.74) is 3.80. The van der Waals surface area contributed by atoms with Crippen molar-refractivity contribution in [1.29, 1.82) is 0 Å². The van der Waals surface area contributed by atoms with Crippen molar-refractivity contribution < 1.29 is 13.9 Å². The van der Waals surface area contributed by atoms with Gasteiger partial charge in [0.25, 0.3) is 0 Å². The van der Waals surface area contributed by atoms with E-state index in [2.05, 4.69) is 36.4 Å². The normalized spacial score (nSPS) is 11.6. The lowest BCUT2D eigenvalue weighted by Crippen LogP contribution is -2.32. The van der Waals surface area contributed by atoms with E-state index >= 15 is 0 Å². The van der Waals surface area contributed by atoms with Gasteiger partial charge < -0.3 is 14.5 Å². The zero-order chi connectivity index (χ0) is 19.5. The smallest absolute Gasteiger partial charge is 0.408 e. The number of amides is 1. The third-order valence-corrected chi connectivity index (χ3v) is 4.04. The summed E-state index contributed by atoms with van der Waals surface area (Å²) in [6.07, 6.45) is -0.558. The van der Waals surface area contributed by atoms with Crippen LogP contribution in [-0.2, 0) is 11.3 Å². The summed E-state index contributed by atoms with van der Waals surface area (Å²) >= 11 is 0. The first-order chi connectivity index (χ1) is 11.9. The van der Waals surface area contributed by atoms with Crippen LogP contribution in [0.2, 0.25) is 19.6 Å². The van der Waals surface area contributed by atoms with Crippen LogP contribution < -0.4 is 10.7 Å². The second-order valence-electron chi connectivity index (χ2n) is 8.14. The highest BCUT2D eigenvalue weighted by atomic mass is 28.3. The number of carbonyl (C=O) groups excluding carboxylic acids is 1. The van der Waals surface area contributed by atoms with Gasteiger partial charge >= 0.3 is 6.09 Å². The summed E-state index contributed by atoms with van der Waals surface area (Å²) in [5, 5.41) is 3.06. The fraction of sp³-hybridized carbons (Fsp3) is 0.400. The van der Waals surface area contributed by atoms with Gasteiger partial charge in [0.05, 0.1) is 11.9 Å². The predicted octanol–water partition coefficient (Wildman–Crippen LogP) is 4.05. The van der Waals surface area contributed by atoms with Gasteiger partial charge in [-0.1, -0.05) is 25.6 Å². The molecular formula is C20H25NO4Si. The van der Waals surface area contributed by atoms with Gasteiger partial charge in [-0.2, -0.15) is 0 Å². The molecule has 1 aromatic heterocycles. The van der Waals surface area contributed by atoms with Crippen LogP contribution in [0.1, 0.15) is 32.1 Å². The molecule has 0 radical (unpaired) electrons. The molecule has 0 fully saturated rings. The molecule has 0 saturated heterocycles. The van der Waals surface area contributed by atoms with Crippen molar-refractivity contribution in [2.24, 2.45) is 0 Å². The molecule has 0 aliphatic carbocycles. The number of benzene rings is 1. The Morgan fingerprint density at radius 3 is 2.54 bits per heavy atom. The lowest BCUT2D eigenvalue weighted by molar-refractivity contribution is 0.0520. The standard InChI is InChI=1S/C20H25NO4Si/c1-20(2,3)25-19(23)21-13-15-12-17(22)16-11-14(7-8-18(16)24-15)9-10-26(4,5)6/h7-8,11-12H,13H2,1-6H3,(H,21,23). The Balaban J connectivity index is 2.21. The van der Waals surface area contributed by atoms with Crippen molar-refractivity contribution in [3.63, 3.8) is 0 Å². The first-order valence-electron chi connectivity index (χ1n) is 8.50. The van der Waals surface area contributed by atoms with Gasteiger partial charge in [-0.15, -0.1) is 5.54 Å². The molecular weight excluding hydrogens is 346 g/mol. The molecule has 0 spiro atoms. The van der Waals surface area contributed by atoms with E-state index in [9.17, 15) is 9.59 Å². The highest BCUT2D eigenvalue weighted by molar-refractivity contribution is 6.83. The maximum Gasteiger partial charge on any atom is 0.408 e. The summed E-state index contributed by atoms with van der Waals surface area (Å²) in [7, 11) is -1.48. The monoisotopic (exact) mass is 371 g/mol. The molecule has 2 rings (SSSR count). The molecule has 1 aromatic carbocycles. The van der Waals surface area contributed by atoms with E-state index < -0.39 is 19.8 Å². The number of hydrogen-bond donors (Lipinski definition) is 1. The Kier molecular flexibility index (Phi) is 5.62. The fourth-order valence-corrected chi connectivity index (χ4v) is 2.62. The molecule has 0 saturated carbocycles. The van der Waals surface area contributed by atoms with Crippen molar-refractivity contribution >= 4 is 25.1 Å². The highest BCUT2D eigenvalue weighted by Crippen LogP contribution is 2.15. The molecule has 2 aromatic rings. The second kappa shape index (κ2) is 7.38. The van der Waals surface area contributed by atoms with Crippen LogP contribution in [0, 0.1) is 11.5 Å². The Bertz CT molecular complexity index is 937. The molecule has 26 heavy (non-hydrogen) atoms. The van der Waals surface area contributed by atoms with E-state index in [4.69, 9.17) is 9.15 Å². The van der Waals surface area contributed by atoms with Crippen LogP contribution in [0.15, 0.2) is 33.5 Å². The van der Waals surface area contributed by atoms with Crippen LogP contribution in [0.25, 0.3) is 11.0 Å². The maximum atomic E-state index is 12.4. The summed E-state index contributed by atoms with van der Waals surface area (Å²) in [5.74, 6) is 3.51. The van der Waals surface area contributed by atoms with Crippen LogP contribution >= 0.6 is 0 Å². The van der Waals surface area contributed by atoms with Crippen molar-refractivity contribution in [1.82, 2.24) is 5.32 Å². The molecule has 1 amide bonds. The number of nitrogens with one attached hydrogen (secondary N) is 1. The van der Waals surface area contributed by atoms with Crippen LogP contribution in [0.5, 0.6) is 0 Å². The summed E-state index contributed by atoms with van der Waals surface area (Å²) in [6.45, 7) is 11.9. The summed E-state index contributed by atoms with van der Waals surface area (Å²) in [6, 6.07) is 6.71. The number of carbonyl (C=O) groups is 1. The van der Waals surface area contributed by atoms with Crippen LogP contribution in [-0.4, -0.2) is 19.8 Å². The van der Waals surface area contributed by atoms with E-state index in [1.54, 1.807) is 32.9 Å². The third kappa shape index (κ3) is 6.08. The lowest BCUT2D eigenvalue weighted by Gasteiger charge is -2.19. The quantitative estimate of drug-likeness (QED) is 0.639. The average Bonchev–Trinajstić information content (AvgIpc) is 2.49. The van der Waals surface area contributed by atoms with Crippen molar-refractivity contribution in [2.75, 3.05) is 0 Å². The number of rotatable bonds is 2. The third-order valence-electron chi connectivity index (χ3n) is 3.17. The van der Waals surface area contributed by atoms with Crippen molar-refractivity contribution in [3.8, 4) is 11.5 Å². The molecule has 0 aliphatic heterocycles. The Morgan fingerprint density at radius 2 is 1.92 bits per heavy atom. The molecule has 1 N–H and O–H groups in total. The SMILES string of the molecule is CC(C)(C)OC(=O)NCc1cc(=O)c2cc(C#C[Si](C)(C)C)ccc2o1. The molecule has 1 heterocycles. The minimum absolute atomic E-state index is 0.0806. The minimum atomic E-state index is -1.48. The first kappa shape index (κ1) is 19.8. The molecule has 138 valence electrons. The van der Waals surface area contributed by atoms with Gasteiger partial charge in [-0.05, 0) is 39.0 Å². The molecule has 6 heteroatoms. The molecule has 0 bridgehead atoms. The van der Waals surface area contributed by atoms with Gasteiger partial charge in [0.2, 0.25) is 0 Å². The number of hydrogen-bond acceptors (Lipinski definition) is 4. The number of alkyl carbamates (subject to hydrolysis) is 1. The average molecular weight is 372 g/mol. The molecule has 0 aliphatic rings. The van der Waals surface area contributed by atoms with E-state index in [0.717, 1.165) is 5.56 Å². The van der Waals surface area contributed by atoms with E-state index in [1.807, 2.05) is 6.07 Å². The van der Waals surface area contributed by atoms with Gasteiger partial charge in [-0.25, -0.2) is 4.79 Å². The highest BCUT2D eigenvalue weighted by Gasteiger charge is 2.16. The summed E-state index contributed by atoms with van der Waals surface area (Å²) in [4.78, 5) is 24.1. The van der Waals surface area contributed by atoms with Gasteiger partial charge in [-0.3, -0.25) is 4.79 Å². The Morgan fingerprint density at radius 1 is 1.23 bits per heavy atom. The molecule has 5 nitrogen and oxygen atoms in total. The van der Waals surface area contributed by atoms with Crippen molar-refractivity contribution in [3.05, 3.63) is 45.8 Å². The summed E-state index contributed by atoms with van der Waals surface area (Å²) < 4.78 is 10.9. The zero-order valence-electron chi connectivity index (χ0n) is 16.1. The van der Waals surface area contributed by atoms with Crippen LogP contribution in [0.4, 0.5) is 4.79 Å². The van der Waals surface area contributed by atoms with Crippen molar-refractivity contribution in [2.45, 2.75) is 52.6 Å². The largest absolute Gasteiger partial charge is 0.459 e. The van der Waals surface area contributed by atoms with Crippen LogP contribution in [0.3, 0.4) is 0 Å². The van der Waals surface area contributed by atoms with Gasteiger partial charge in [0.1, 0.15) is 25.0 Å². The minimum Gasteiger partial charge on any atom is -0.459 e. The topological polar surface area (TPSA) is 68.5 Å². The lowest BCUT2D eigenvalue weighted by atomic mass is 10.1.